The van der Waals surface area contributed by atoms with Gasteiger partial charge in [0.15, 0.2) is 5.76 Å². The molecule has 7 heteroatoms. The van der Waals surface area contributed by atoms with Crippen molar-refractivity contribution in [2.24, 2.45) is 0 Å². The van der Waals surface area contributed by atoms with Crippen molar-refractivity contribution in [2.45, 2.75) is 0 Å². The lowest BCUT2D eigenvalue weighted by atomic mass is 10.1. The van der Waals surface area contributed by atoms with Gasteiger partial charge in [0.25, 0.3) is 0 Å². The number of ketones is 1. The zero-order valence-corrected chi connectivity index (χ0v) is 17.3. The maximum atomic E-state index is 12.7. The van der Waals surface area contributed by atoms with Crippen LogP contribution in [-0.2, 0) is 4.74 Å². The van der Waals surface area contributed by atoms with E-state index in [0.29, 0.717) is 33.8 Å². The Morgan fingerprint density at radius 2 is 1.44 bits per heavy atom. The highest BCUT2D eigenvalue weighted by molar-refractivity contribution is 6.14. The average Bonchev–Trinajstić information content (AvgIpc) is 3.13. The minimum atomic E-state index is -0.543. The number of carbonyl (C=O) groups is 3. The molecule has 1 aliphatic heterocycles. The lowest BCUT2D eigenvalue weighted by Crippen LogP contribution is -2.08. The molecule has 0 aromatic heterocycles. The Kier molecular flexibility index (Phi) is 5.72. The van der Waals surface area contributed by atoms with E-state index in [0.717, 1.165) is 0 Å². The average molecular weight is 430 g/mol. The molecule has 0 saturated carbocycles. The third kappa shape index (κ3) is 4.22. The summed E-state index contributed by atoms with van der Waals surface area (Å²) in [5.74, 6) is 0.0354. The van der Waals surface area contributed by atoms with Gasteiger partial charge in [-0.25, -0.2) is 9.59 Å². The zero-order valence-electron chi connectivity index (χ0n) is 17.3. The predicted molar refractivity (Wildman–Crippen MR) is 115 cm³/mol. The second-order valence-corrected chi connectivity index (χ2v) is 6.83. The van der Waals surface area contributed by atoms with Gasteiger partial charge in [0.1, 0.15) is 17.2 Å². The summed E-state index contributed by atoms with van der Waals surface area (Å²) >= 11 is 0. The number of methoxy groups -OCH3 is 2. The molecule has 0 N–H and O–H groups in total. The molecule has 0 radical (unpaired) electrons. The maximum absolute atomic E-state index is 12.7. The Labute approximate surface area is 183 Å². The van der Waals surface area contributed by atoms with Gasteiger partial charge in [-0.2, -0.15) is 0 Å². The molecular weight excluding hydrogens is 412 g/mol. The molecule has 3 aromatic rings. The molecule has 0 saturated heterocycles. The van der Waals surface area contributed by atoms with Gasteiger partial charge in [0.2, 0.25) is 5.78 Å². The van der Waals surface area contributed by atoms with E-state index in [9.17, 15) is 14.4 Å². The quantitative estimate of drug-likeness (QED) is 0.338. The van der Waals surface area contributed by atoms with E-state index >= 15 is 0 Å². The first-order valence-corrected chi connectivity index (χ1v) is 9.61. The Balaban J connectivity index is 1.49. The highest BCUT2D eigenvalue weighted by Crippen LogP contribution is 2.35. The lowest BCUT2D eigenvalue weighted by Gasteiger charge is -2.06. The number of carbonyl (C=O) groups excluding carboxylic acids is 3. The molecular formula is C25H18O7. The number of hydrogen-bond donors (Lipinski definition) is 0. The Morgan fingerprint density at radius 3 is 2.09 bits per heavy atom. The third-order valence-electron chi connectivity index (χ3n) is 4.81. The van der Waals surface area contributed by atoms with Gasteiger partial charge in [-0.3, -0.25) is 4.79 Å². The van der Waals surface area contributed by atoms with E-state index in [2.05, 4.69) is 4.74 Å². The van der Waals surface area contributed by atoms with Crippen LogP contribution in [-0.4, -0.2) is 31.9 Å². The molecule has 0 unspecified atom stereocenters. The number of esters is 2. The summed E-state index contributed by atoms with van der Waals surface area (Å²) in [7, 11) is 2.85. The summed E-state index contributed by atoms with van der Waals surface area (Å²) < 4.78 is 20.8. The monoisotopic (exact) mass is 430 g/mol. The first kappa shape index (κ1) is 20.9. The van der Waals surface area contributed by atoms with Crippen molar-refractivity contribution in [1.82, 2.24) is 0 Å². The smallest absolute Gasteiger partial charge is 0.343 e. The van der Waals surface area contributed by atoms with Crippen LogP contribution in [0.3, 0.4) is 0 Å². The van der Waals surface area contributed by atoms with Crippen LogP contribution in [0.25, 0.3) is 6.08 Å². The Bertz CT molecular complexity index is 1220. The van der Waals surface area contributed by atoms with E-state index in [4.69, 9.17) is 14.2 Å². The molecule has 0 bridgehead atoms. The number of rotatable bonds is 5. The molecule has 7 nitrogen and oxygen atoms in total. The molecule has 0 spiro atoms. The number of fused-ring (bicyclic) bond motifs is 1. The minimum absolute atomic E-state index is 0.129. The molecule has 1 heterocycles. The van der Waals surface area contributed by atoms with E-state index in [1.807, 2.05) is 0 Å². The van der Waals surface area contributed by atoms with Crippen LogP contribution in [0, 0.1) is 0 Å². The van der Waals surface area contributed by atoms with E-state index in [1.165, 1.54) is 19.2 Å². The Morgan fingerprint density at radius 1 is 0.812 bits per heavy atom. The van der Waals surface area contributed by atoms with Crippen LogP contribution in [0.1, 0.15) is 36.6 Å². The van der Waals surface area contributed by atoms with Gasteiger partial charge in [-0.1, -0.05) is 12.1 Å². The standard InChI is InChI=1S/C25H18O7/c1-29-18-9-7-17(8-10-18)25(28)31-19-11-12-20-21(14-19)32-22(23(20)26)13-15-3-5-16(6-4-15)24(27)30-2/h3-14H,1-2H3/b22-13-. The van der Waals surface area contributed by atoms with Crippen molar-refractivity contribution < 1.29 is 33.3 Å². The zero-order chi connectivity index (χ0) is 22.7. The second-order valence-electron chi connectivity index (χ2n) is 6.83. The van der Waals surface area contributed by atoms with Crippen molar-refractivity contribution in [3.05, 3.63) is 94.7 Å². The summed E-state index contributed by atoms with van der Waals surface area (Å²) in [5.41, 5.74) is 1.81. The van der Waals surface area contributed by atoms with E-state index < -0.39 is 11.9 Å². The third-order valence-corrected chi connectivity index (χ3v) is 4.81. The number of allylic oxidation sites excluding steroid dienone is 1. The first-order chi connectivity index (χ1) is 15.5. The van der Waals surface area contributed by atoms with Gasteiger partial charge < -0.3 is 18.9 Å². The molecule has 0 amide bonds. The lowest BCUT2D eigenvalue weighted by molar-refractivity contribution is 0.0600. The van der Waals surface area contributed by atoms with Crippen molar-refractivity contribution in [3.63, 3.8) is 0 Å². The van der Waals surface area contributed by atoms with Gasteiger partial charge in [-0.05, 0) is 60.2 Å². The van der Waals surface area contributed by atoms with Crippen LogP contribution in [0.15, 0.2) is 72.5 Å². The molecule has 0 aliphatic carbocycles. The van der Waals surface area contributed by atoms with Crippen molar-refractivity contribution in [3.8, 4) is 17.2 Å². The highest BCUT2D eigenvalue weighted by atomic mass is 16.5. The number of ether oxygens (including phenoxy) is 4. The highest BCUT2D eigenvalue weighted by Gasteiger charge is 2.28. The fourth-order valence-corrected chi connectivity index (χ4v) is 3.11. The SMILES string of the molecule is COC(=O)c1ccc(/C=C2\Oc3cc(OC(=O)c4ccc(OC)cc4)ccc3C2=O)cc1. The fraction of sp³-hybridized carbons (Fsp3) is 0.0800. The van der Waals surface area contributed by atoms with Gasteiger partial charge in [0.05, 0.1) is 30.9 Å². The summed E-state index contributed by atoms with van der Waals surface area (Å²) in [5, 5.41) is 0. The van der Waals surface area contributed by atoms with Crippen LogP contribution in [0.5, 0.6) is 17.2 Å². The van der Waals surface area contributed by atoms with Gasteiger partial charge in [-0.15, -0.1) is 0 Å². The van der Waals surface area contributed by atoms with Gasteiger partial charge in [0, 0.05) is 6.07 Å². The van der Waals surface area contributed by atoms with E-state index in [1.54, 1.807) is 67.8 Å². The largest absolute Gasteiger partial charge is 0.497 e. The second kappa shape index (κ2) is 8.77. The minimum Gasteiger partial charge on any atom is -0.497 e. The maximum Gasteiger partial charge on any atom is 0.343 e. The summed E-state index contributed by atoms with van der Waals surface area (Å²) in [4.78, 5) is 36.6. The number of hydrogen-bond acceptors (Lipinski definition) is 7. The fourth-order valence-electron chi connectivity index (χ4n) is 3.11. The van der Waals surface area contributed by atoms with Crippen LogP contribution >= 0.6 is 0 Å². The predicted octanol–water partition coefficient (Wildman–Crippen LogP) is 4.32. The normalized spacial score (nSPS) is 13.3. The summed E-state index contributed by atoms with van der Waals surface area (Å²) in [6.45, 7) is 0. The van der Waals surface area contributed by atoms with Crippen LogP contribution in [0.2, 0.25) is 0 Å². The summed E-state index contributed by atoms with van der Waals surface area (Å²) in [6, 6.07) is 17.7. The number of Topliss-reactive ketones (excluding diaryl/α,β-unsaturated/α-hetero) is 1. The van der Waals surface area contributed by atoms with Gasteiger partial charge >= 0.3 is 11.9 Å². The summed E-state index contributed by atoms with van der Waals surface area (Å²) in [6.07, 6.45) is 1.58. The van der Waals surface area contributed by atoms with Crippen LogP contribution in [0.4, 0.5) is 0 Å². The molecule has 1 aliphatic rings. The Hall–Kier alpha value is -4.39. The van der Waals surface area contributed by atoms with Crippen molar-refractivity contribution in [1.29, 1.82) is 0 Å². The van der Waals surface area contributed by atoms with Crippen molar-refractivity contribution >= 4 is 23.8 Å². The van der Waals surface area contributed by atoms with E-state index in [-0.39, 0.29) is 17.3 Å². The molecule has 0 fully saturated rings. The molecule has 32 heavy (non-hydrogen) atoms. The molecule has 3 aromatic carbocycles. The first-order valence-electron chi connectivity index (χ1n) is 9.61. The molecule has 160 valence electrons. The molecule has 4 rings (SSSR count). The van der Waals surface area contributed by atoms with Crippen LogP contribution < -0.4 is 14.2 Å². The number of benzene rings is 3. The topological polar surface area (TPSA) is 88.1 Å². The molecule has 0 atom stereocenters. The van der Waals surface area contributed by atoms with Crippen molar-refractivity contribution in [2.75, 3.05) is 14.2 Å².